The zero-order chi connectivity index (χ0) is 21.3. The maximum atomic E-state index is 13.1. The molecule has 1 aromatic rings. The molecule has 30 heavy (non-hydrogen) atoms. The SMILES string of the molecule is NC(=O)NCc1ccc(C(=O)OCC(=O)N(C2CCCCC2)C2CCCCC2)cc1. The van der Waals surface area contributed by atoms with Crippen LogP contribution in [0.1, 0.15) is 80.1 Å². The van der Waals surface area contributed by atoms with E-state index in [1.807, 2.05) is 0 Å². The van der Waals surface area contributed by atoms with Crippen molar-refractivity contribution in [2.75, 3.05) is 6.61 Å². The summed E-state index contributed by atoms with van der Waals surface area (Å²) in [7, 11) is 0. The second-order valence-electron chi connectivity index (χ2n) is 8.38. The largest absolute Gasteiger partial charge is 0.452 e. The van der Waals surface area contributed by atoms with Gasteiger partial charge >= 0.3 is 12.0 Å². The zero-order valence-electron chi connectivity index (χ0n) is 17.6. The summed E-state index contributed by atoms with van der Waals surface area (Å²) in [5, 5.41) is 2.50. The van der Waals surface area contributed by atoms with Crippen molar-refractivity contribution >= 4 is 17.9 Å². The number of carbonyl (C=O) groups excluding carboxylic acids is 3. The van der Waals surface area contributed by atoms with Crippen LogP contribution >= 0.6 is 0 Å². The van der Waals surface area contributed by atoms with Crippen LogP contribution in [0.25, 0.3) is 0 Å². The maximum absolute atomic E-state index is 13.1. The van der Waals surface area contributed by atoms with Crippen LogP contribution in [0.4, 0.5) is 4.79 Å². The third-order valence-electron chi connectivity index (χ3n) is 6.21. The standard InChI is InChI=1S/C23H33N3O4/c24-23(29)25-15-17-11-13-18(14-12-17)22(28)30-16-21(27)26(19-7-3-1-4-8-19)20-9-5-2-6-10-20/h11-14,19-20H,1-10,15-16H2,(H3,24,25,29). The molecule has 0 bridgehead atoms. The van der Waals surface area contributed by atoms with E-state index in [1.54, 1.807) is 24.3 Å². The van der Waals surface area contributed by atoms with Crippen molar-refractivity contribution < 1.29 is 19.1 Å². The molecule has 0 radical (unpaired) electrons. The number of nitrogens with two attached hydrogens (primary N) is 1. The van der Waals surface area contributed by atoms with Gasteiger partial charge in [0, 0.05) is 18.6 Å². The highest BCUT2D eigenvalue weighted by molar-refractivity contribution is 5.91. The van der Waals surface area contributed by atoms with Crippen LogP contribution in [-0.4, -0.2) is 41.5 Å². The van der Waals surface area contributed by atoms with Crippen molar-refractivity contribution in [3.05, 3.63) is 35.4 Å². The summed E-state index contributed by atoms with van der Waals surface area (Å²) in [5.74, 6) is -0.575. The minimum atomic E-state index is -0.600. The molecule has 7 nitrogen and oxygen atoms in total. The van der Waals surface area contributed by atoms with Crippen LogP contribution in [0.5, 0.6) is 0 Å². The lowest BCUT2D eigenvalue weighted by Gasteiger charge is -2.41. The van der Waals surface area contributed by atoms with Gasteiger partial charge in [0.25, 0.3) is 5.91 Å². The Hall–Kier alpha value is -2.57. The number of carbonyl (C=O) groups is 3. The number of benzene rings is 1. The minimum Gasteiger partial charge on any atom is -0.452 e. The van der Waals surface area contributed by atoms with E-state index >= 15 is 0 Å². The molecule has 164 valence electrons. The fraction of sp³-hybridized carbons (Fsp3) is 0.609. The topological polar surface area (TPSA) is 102 Å². The van der Waals surface area contributed by atoms with Gasteiger partial charge in [0.1, 0.15) is 0 Å². The van der Waals surface area contributed by atoms with Crippen LogP contribution < -0.4 is 11.1 Å². The predicted molar refractivity (Wildman–Crippen MR) is 114 cm³/mol. The van der Waals surface area contributed by atoms with E-state index in [2.05, 4.69) is 10.2 Å². The average Bonchev–Trinajstić information content (AvgIpc) is 2.78. The molecule has 0 unspecified atom stereocenters. The van der Waals surface area contributed by atoms with E-state index < -0.39 is 12.0 Å². The van der Waals surface area contributed by atoms with E-state index in [1.165, 1.54) is 12.8 Å². The molecule has 3 rings (SSSR count). The lowest BCUT2D eigenvalue weighted by molar-refractivity contribution is -0.141. The minimum absolute atomic E-state index is 0.0653. The number of esters is 1. The Bertz CT molecular complexity index is 704. The number of hydrogen-bond donors (Lipinski definition) is 2. The summed E-state index contributed by atoms with van der Waals surface area (Å²) < 4.78 is 5.37. The molecule has 0 atom stereocenters. The molecule has 3 amide bonds. The van der Waals surface area contributed by atoms with Gasteiger partial charge in [-0.25, -0.2) is 9.59 Å². The van der Waals surface area contributed by atoms with Gasteiger partial charge in [0.15, 0.2) is 6.61 Å². The summed E-state index contributed by atoms with van der Waals surface area (Å²) >= 11 is 0. The smallest absolute Gasteiger partial charge is 0.338 e. The first kappa shape index (κ1) is 22.1. The van der Waals surface area contributed by atoms with Gasteiger partial charge in [-0.2, -0.15) is 0 Å². The summed E-state index contributed by atoms with van der Waals surface area (Å²) in [6.07, 6.45) is 11.3. The summed E-state index contributed by atoms with van der Waals surface area (Å²) in [4.78, 5) is 38.3. The van der Waals surface area contributed by atoms with Gasteiger partial charge in [0.05, 0.1) is 5.56 Å². The fourth-order valence-corrected chi connectivity index (χ4v) is 4.66. The highest BCUT2D eigenvalue weighted by atomic mass is 16.5. The average molecular weight is 416 g/mol. The van der Waals surface area contributed by atoms with Crippen LogP contribution in [0.2, 0.25) is 0 Å². The van der Waals surface area contributed by atoms with Crippen molar-refractivity contribution in [2.24, 2.45) is 5.73 Å². The number of ether oxygens (including phenoxy) is 1. The molecule has 0 saturated heterocycles. The number of urea groups is 1. The Morgan fingerprint density at radius 2 is 1.43 bits per heavy atom. The maximum Gasteiger partial charge on any atom is 0.338 e. The Morgan fingerprint density at radius 1 is 0.900 bits per heavy atom. The van der Waals surface area contributed by atoms with E-state index in [4.69, 9.17) is 10.5 Å². The van der Waals surface area contributed by atoms with Crippen LogP contribution in [0.15, 0.2) is 24.3 Å². The van der Waals surface area contributed by atoms with Gasteiger partial charge in [-0.1, -0.05) is 50.7 Å². The van der Waals surface area contributed by atoms with Gasteiger partial charge < -0.3 is 20.7 Å². The van der Waals surface area contributed by atoms with Crippen LogP contribution in [0.3, 0.4) is 0 Å². The molecule has 7 heteroatoms. The molecule has 3 N–H and O–H groups in total. The van der Waals surface area contributed by atoms with Gasteiger partial charge in [-0.05, 0) is 43.4 Å². The van der Waals surface area contributed by atoms with Crippen molar-refractivity contribution in [1.29, 1.82) is 0 Å². The first-order chi connectivity index (χ1) is 14.5. The zero-order valence-corrected chi connectivity index (χ0v) is 17.6. The summed E-state index contributed by atoms with van der Waals surface area (Å²) in [6.45, 7) is 0.0811. The Morgan fingerprint density at radius 3 is 1.93 bits per heavy atom. The quantitative estimate of drug-likeness (QED) is 0.665. The van der Waals surface area contributed by atoms with Crippen LogP contribution in [0, 0.1) is 0 Å². The van der Waals surface area contributed by atoms with Crippen molar-refractivity contribution in [3.63, 3.8) is 0 Å². The number of nitrogens with zero attached hydrogens (tertiary/aromatic N) is 1. The molecular formula is C23H33N3O4. The van der Waals surface area contributed by atoms with Crippen molar-refractivity contribution in [1.82, 2.24) is 10.2 Å². The number of nitrogens with one attached hydrogen (secondary N) is 1. The molecule has 2 aliphatic rings. The van der Waals surface area contributed by atoms with Crippen molar-refractivity contribution in [3.8, 4) is 0 Å². The lowest BCUT2D eigenvalue weighted by Crippen LogP contribution is -2.50. The van der Waals surface area contributed by atoms with E-state index in [0.717, 1.165) is 56.9 Å². The summed E-state index contributed by atoms with van der Waals surface area (Å²) in [6, 6.07) is 6.68. The number of amides is 3. The Balaban J connectivity index is 1.57. The molecular weight excluding hydrogens is 382 g/mol. The molecule has 0 aromatic heterocycles. The second-order valence-corrected chi connectivity index (χ2v) is 8.38. The number of hydrogen-bond acceptors (Lipinski definition) is 4. The van der Waals surface area contributed by atoms with E-state index in [0.29, 0.717) is 12.1 Å². The first-order valence-electron chi connectivity index (χ1n) is 11.1. The monoisotopic (exact) mass is 415 g/mol. The molecule has 2 saturated carbocycles. The Labute approximate surface area is 178 Å². The first-order valence-corrected chi connectivity index (χ1v) is 11.1. The van der Waals surface area contributed by atoms with Gasteiger partial charge in [0.2, 0.25) is 0 Å². The van der Waals surface area contributed by atoms with Gasteiger partial charge in [-0.3, -0.25) is 4.79 Å². The number of rotatable bonds is 7. The highest BCUT2D eigenvalue weighted by Crippen LogP contribution is 2.30. The highest BCUT2D eigenvalue weighted by Gasteiger charge is 2.32. The predicted octanol–water partition coefficient (Wildman–Crippen LogP) is 3.51. The van der Waals surface area contributed by atoms with Crippen molar-refractivity contribution in [2.45, 2.75) is 82.8 Å². The fourth-order valence-electron chi connectivity index (χ4n) is 4.66. The molecule has 1 aromatic carbocycles. The molecule has 0 aliphatic heterocycles. The summed E-state index contributed by atoms with van der Waals surface area (Å²) in [5.41, 5.74) is 6.26. The lowest BCUT2D eigenvalue weighted by atomic mass is 9.88. The molecule has 0 heterocycles. The molecule has 0 spiro atoms. The van der Waals surface area contributed by atoms with Crippen LogP contribution in [-0.2, 0) is 16.1 Å². The van der Waals surface area contributed by atoms with Gasteiger partial charge in [-0.15, -0.1) is 0 Å². The van der Waals surface area contributed by atoms with E-state index in [-0.39, 0.29) is 24.6 Å². The molecule has 2 fully saturated rings. The second kappa shape index (κ2) is 11.0. The van der Waals surface area contributed by atoms with E-state index in [9.17, 15) is 14.4 Å². The Kier molecular flexibility index (Phi) is 8.11. The normalized spacial score (nSPS) is 17.9. The number of primary amides is 1. The third kappa shape index (κ3) is 6.21. The molecule has 2 aliphatic carbocycles. The third-order valence-corrected chi connectivity index (χ3v) is 6.21.